The zero-order valence-electron chi connectivity index (χ0n) is 15.7. The minimum atomic E-state index is -0.130. The molecule has 2 aromatic rings. The molecule has 5 heteroatoms. The first kappa shape index (κ1) is 20.2. The second-order valence-corrected chi connectivity index (χ2v) is 7.69. The van der Waals surface area contributed by atoms with Gasteiger partial charge in [-0.1, -0.05) is 51.5 Å². The highest BCUT2D eigenvalue weighted by Crippen LogP contribution is 2.24. The average molecular weight is 370 g/mol. The molecule has 0 aliphatic rings. The van der Waals surface area contributed by atoms with Crippen LogP contribution in [0.25, 0.3) is 0 Å². The molecular formula is C21H27N3OS. The normalized spacial score (nSPS) is 12.0. The molecule has 0 bridgehead atoms. The summed E-state index contributed by atoms with van der Waals surface area (Å²) in [5.74, 6) is 0.231. The number of thiophene rings is 1. The quantitative estimate of drug-likeness (QED) is 0.661. The Bertz CT molecular complexity index is 743. The van der Waals surface area contributed by atoms with Crippen molar-refractivity contribution < 1.29 is 4.79 Å². The van der Waals surface area contributed by atoms with Gasteiger partial charge in [0.1, 0.15) is 11.1 Å². The molecule has 26 heavy (non-hydrogen) atoms. The van der Waals surface area contributed by atoms with Gasteiger partial charge in [-0.05, 0) is 41.3 Å². The van der Waals surface area contributed by atoms with E-state index in [1.54, 1.807) is 11.4 Å². The molecule has 1 atom stereocenters. The Morgan fingerprint density at radius 1 is 1.23 bits per heavy atom. The third kappa shape index (κ3) is 5.69. The highest BCUT2D eigenvalue weighted by Gasteiger charge is 2.17. The van der Waals surface area contributed by atoms with E-state index in [-0.39, 0.29) is 18.5 Å². The van der Waals surface area contributed by atoms with Crippen LogP contribution < -0.4 is 10.6 Å². The number of aryl methyl sites for hydroxylation is 1. The number of unbranched alkanes of at least 4 members (excludes halogenated alkanes) is 1. The van der Waals surface area contributed by atoms with E-state index in [0.29, 0.717) is 16.5 Å². The van der Waals surface area contributed by atoms with Crippen LogP contribution in [0.4, 0.5) is 5.00 Å². The molecule has 0 unspecified atom stereocenters. The van der Waals surface area contributed by atoms with E-state index in [2.05, 4.69) is 61.7 Å². The van der Waals surface area contributed by atoms with Gasteiger partial charge < -0.3 is 10.6 Å². The first-order valence-electron chi connectivity index (χ1n) is 9.14. The average Bonchev–Trinajstić information content (AvgIpc) is 3.07. The van der Waals surface area contributed by atoms with E-state index in [1.807, 2.05) is 0 Å². The molecule has 0 aliphatic heterocycles. The lowest BCUT2D eigenvalue weighted by atomic mass is 9.94. The highest BCUT2D eigenvalue weighted by atomic mass is 32.1. The van der Waals surface area contributed by atoms with Crippen molar-refractivity contribution in [3.8, 4) is 6.07 Å². The fraction of sp³-hybridized carbons (Fsp3) is 0.429. The number of hydrogen-bond donors (Lipinski definition) is 2. The number of rotatable bonds is 9. The Morgan fingerprint density at radius 2 is 1.96 bits per heavy atom. The van der Waals surface area contributed by atoms with Crippen LogP contribution in [0.1, 0.15) is 56.3 Å². The van der Waals surface area contributed by atoms with Crippen LogP contribution >= 0.6 is 11.3 Å². The summed E-state index contributed by atoms with van der Waals surface area (Å²) >= 11 is 1.37. The molecule has 4 nitrogen and oxygen atoms in total. The van der Waals surface area contributed by atoms with Crippen molar-refractivity contribution in [1.82, 2.24) is 5.32 Å². The number of anilines is 1. The second kappa shape index (κ2) is 10.1. The zero-order chi connectivity index (χ0) is 18.9. The topological polar surface area (TPSA) is 64.9 Å². The molecule has 2 rings (SSSR count). The van der Waals surface area contributed by atoms with Gasteiger partial charge in [-0.3, -0.25) is 4.79 Å². The lowest BCUT2D eigenvalue weighted by molar-refractivity contribution is -0.115. The van der Waals surface area contributed by atoms with Crippen molar-refractivity contribution in [3.63, 3.8) is 0 Å². The molecule has 0 spiro atoms. The Kier molecular flexibility index (Phi) is 7.83. The monoisotopic (exact) mass is 369 g/mol. The molecule has 0 fully saturated rings. The maximum absolute atomic E-state index is 12.2. The van der Waals surface area contributed by atoms with Crippen molar-refractivity contribution in [1.29, 1.82) is 5.26 Å². The molecular weight excluding hydrogens is 342 g/mol. The van der Waals surface area contributed by atoms with Crippen LogP contribution in [0, 0.1) is 17.2 Å². The minimum Gasteiger partial charge on any atom is -0.315 e. The predicted molar refractivity (Wildman–Crippen MR) is 108 cm³/mol. The van der Waals surface area contributed by atoms with Crippen molar-refractivity contribution >= 4 is 22.2 Å². The fourth-order valence-corrected chi connectivity index (χ4v) is 3.63. The number of carbonyl (C=O) groups excluding carboxylic acids is 1. The summed E-state index contributed by atoms with van der Waals surface area (Å²) in [5, 5.41) is 17.6. The first-order valence-corrected chi connectivity index (χ1v) is 10.0. The summed E-state index contributed by atoms with van der Waals surface area (Å²) in [7, 11) is 0. The van der Waals surface area contributed by atoms with Gasteiger partial charge in [-0.15, -0.1) is 11.3 Å². The molecule has 1 aromatic heterocycles. The van der Waals surface area contributed by atoms with Crippen molar-refractivity contribution in [2.24, 2.45) is 5.92 Å². The van der Waals surface area contributed by atoms with Gasteiger partial charge in [0, 0.05) is 6.04 Å². The first-order chi connectivity index (χ1) is 12.5. The van der Waals surface area contributed by atoms with Gasteiger partial charge in [0.25, 0.3) is 0 Å². The third-order valence-corrected chi connectivity index (χ3v) is 5.18. The molecule has 1 amide bonds. The van der Waals surface area contributed by atoms with E-state index in [1.165, 1.54) is 35.3 Å². The number of carbonyl (C=O) groups is 1. The summed E-state index contributed by atoms with van der Waals surface area (Å²) in [6.07, 6.45) is 3.52. The maximum Gasteiger partial charge on any atom is 0.238 e. The summed E-state index contributed by atoms with van der Waals surface area (Å²) in [6.45, 7) is 6.71. The SMILES string of the molecule is CCCCc1ccc([C@@H](NCC(=O)Nc2sccc2C#N)C(C)C)cc1. The number of benzene rings is 1. The highest BCUT2D eigenvalue weighted by molar-refractivity contribution is 7.14. The standard InChI is InChI=1S/C21H27N3OS/c1-4-5-6-16-7-9-17(10-8-16)20(15(2)3)23-14-19(25)24-21-18(13-22)11-12-26-21/h7-12,15,20,23H,4-6,14H2,1-3H3,(H,24,25)/t20-/m0/s1. The number of nitrogens with one attached hydrogen (secondary N) is 2. The van der Waals surface area contributed by atoms with Gasteiger partial charge in [-0.25, -0.2) is 0 Å². The van der Waals surface area contributed by atoms with E-state index in [4.69, 9.17) is 5.26 Å². The van der Waals surface area contributed by atoms with Crippen LogP contribution in [0.2, 0.25) is 0 Å². The summed E-state index contributed by atoms with van der Waals surface area (Å²) in [6, 6.07) is 12.6. The minimum absolute atomic E-state index is 0.111. The van der Waals surface area contributed by atoms with Gasteiger partial charge >= 0.3 is 0 Å². The summed E-state index contributed by atoms with van der Waals surface area (Å²) < 4.78 is 0. The molecule has 0 saturated heterocycles. The van der Waals surface area contributed by atoms with Crippen molar-refractivity contribution in [3.05, 3.63) is 52.4 Å². The van der Waals surface area contributed by atoms with E-state index in [0.717, 1.165) is 6.42 Å². The smallest absolute Gasteiger partial charge is 0.238 e. The molecule has 0 aliphatic carbocycles. The van der Waals surface area contributed by atoms with Crippen LogP contribution in [0.15, 0.2) is 35.7 Å². The number of nitriles is 1. The lowest BCUT2D eigenvalue weighted by Gasteiger charge is -2.23. The van der Waals surface area contributed by atoms with Crippen LogP contribution in [0.3, 0.4) is 0 Å². The van der Waals surface area contributed by atoms with Gasteiger partial charge in [0.2, 0.25) is 5.91 Å². The fourth-order valence-electron chi connectivity index (χ4n) is 2.88. The van der Waals surface area contributed by atoms with Crippen molar-refractivity contribution in [2.45, 2.75) is 46.1 Å². The molecule has 1 heterocycles. The Balaban J connectivity index is 1.95. The second-order valence-electron chi connectivity index (χ2n) is 6.77. The van der Waals surface area contributed by atoms with Crippen LogP contribution in [-0.2, 0) is 11.2 Å². The predicted octanol–water partition coefficient (Wildman–Crippen LogP) is 4.89. The van der Waals surface area contributed by atoms with E-state index < -0.39 is 0 Å². The van der Waals surface area contributed by atoms with E-state index in [9.17, 15) is 4.79 Å². The molecule has 0 radical (unpaired) electrons. The number of hydrogen-bond acceptors (Lipinski definition) is 4. The molecule has 2 N–H and O–H groups in total. The zero-order valence-corrected chi connectivity index (χ0v) is 16.5. The van der Waals surface area contributed by atoms with Gasteiger partial charge in [0.15, 0.2) is 0 Å². The van der Waals surface area contributed by atoms with E-state index >= 15 is 0 Å². The lowest BCUT2D eigenvalue weighted by Crippen LogP contribution is -2.33. The molecule has 138 valence electrons. The summed E-state index contributed by atoms with van der Waals surface area (Å²) in [4.78, 5) is 12.2. The Morgan fingerprint density at radius 3 is 2.58 bits per heavy atom. The Labute approximate surface area is 160 Å². The van der Waals surface area contributed by atoms with Crippen LogP contribution in [-0.4, -0.2) is 12.5 Å². The third-order valence-electron chi connectivity index (χ3n) is 4.35. The summed E-state index contributed by atoms with van der Waals surface area (Å²) in [5.41, 5.74) is 3.06. The largest absolute Gasteiger partial charge is 0.315 e. The molecule has 1 aromatic carbocycles. The van der Waals surface area contributed by atoms with Gasteiger partial charge in [-0.2, -0.15) is 5.26 Å². The van der Waals surface area contributed by atoms with Crippen LogP contribution in [0.5, 0.6) is 0 Å². The van der Waals surface area contributed by atoms with Gasteiger partial charge in [0.05, 0.1) is 12.1 Å². The number of nitrogens with zero attached hydrogens (tertiary/aromatic N) is 1. The molecule has 0 saturated carbocycles. The number of amides is 1. The van der Waals surface area contributed by atoms with Crippen molar-refractivity contribution in [2.75, 3.05) is 11.9 Å². The maximum atomic E-state index is 12.2. The Hall–Kier alpha value is -2.16.